The van der Waals surface area contributed by atoms with Gasteiger partial charge in [0.1, 0.15) is 22.9 Å². The average molecular weight is 662 g/mol. The Morgan fingerprint density at radius 1 is 1.11 bits per heavy atom. The lowest BCUT2D eigenvalue weighted by Crippen LogP contribution is -2.51. The number of morpholine rings is 1. The number of anilines is 1. The Bertz CT molecular complexity index is 1910. The maximum absolute atomic E-state index is 17.1. The molecule has 4 saturated heterocycles. The number of hydrogen-bond donors (Lipinski definition) is 2. The van der Waals surface area contributed by atoms with E-state index >= 15 is 8.78 Å². The summed E-state index contributed by atoms with van der Waals surface area (Å²) in [7, 11) is 0. The van der Waals surface area contributed by atoms with E-state index in [0.29, 0.717) is 70.4 Å². The van der Waals surface area contributed by atoms with Crippen LogP contribution in [0.15, 0.2) is 30.3 Å². The van der Waals surface area contributed by atoms with E-state index in [1.807, 2.05) is 6.92 Å². The molecule has 4 atom stereocenters. The highest BCUT2D eigenvalue weighted by atomic mass is 35.5. The summed E-state index contributed by atoms with van der Waals surface area (Å²) < 4.78 is 44.4. The standard InChI is InChI=1S/C36H38ClF2N5O3/c1-2-25-29(38)6-3-19-9-23(45)11-26(30(19)25)31-28(37)12-27-33(32(31)39)41-35(42-34(27)43-13-20-4-5-21(14-43)40-20)47-18-36(7-8-36)17-44-15-24-10-22(44)16-46-24/h3,6,9,11-12,20-22,24,40,45H,2,4-5,7-8,10,13-18H2,1H3/t20?,21?,22-,24-/m0/s1. The lowest BCUT2D eigenvalue weighted by molar-refractivity contribution is 0.0176. The number of aromatic nitrogens is 2. The van der Waals surface area contributed by atoms with E-state index in [1.54, 1.807) is 18.2 Å². The summed E-state index contributed by atoms with van der Waals surface area (Å²) in [6.07, 6.45) is 6.13. The van der Waals surface area contributed by atoms with Crippen LogP contribution in [0.4, 0.5) is 14.6 Å². The molecule has 1 aromatic heterocycles. The average Bonchev–Trinajstić information content (AvgIpc) is 3.32. The molecule has 4 aromatic rings. The minimum Gasteiger partial charge on any atom is -0.508 e. The number of piperazine rings is 1. The van der Waals surface area contributed by atoms with Crippen LogP contribution < -0.4 is 15.0 Å². The second-order valence-electron chi connectivity index (χ2n) is 14.4. The zero-order chi connectivity index (χ0) is 32.0. The molecule has 1 aliphatic carbocycles. The van der Waals surface area contributed by atoms with E-state index in [9.17, 15) is 5.11 Å². The van der Waals surface area contributed by atoms with E-state index in [1.165, 1.54) is 12.1 Å². The highest BCUT2D eigenvalue weighted by Crippen LogP contribution is 2.49. The fourth-order valence-electron chi connectivity index (χ4n) is 8.57. The van der Waals surface area contributed by atoms with Crippen LogP contribution in [-0.4, -0.2) is 83.6 Å². The van der Waals surface area contributed by atoms with Gasteiger partial charge in [-0.2, -0.15) is 9.97 Å². The largest absolute Gasteiger partial charge is 0.508 e. The summed E-state index contributed by atoms with van der Waals surface area (Å²) >= 11 is 6.94. The minimum atomic E-state index is -0.647. The number of nitrogens with zero attached hydrogens (tertiary/aromatic N) is 4. The molecule has 2 unspecified atom stereocenters. The first-order valence-electron chi connectivity index (χ1n) is 16.9. The van der Waals surface area contributed by atoms with Crippen LogP contribution >= 0.6 is 11.6 Å². The Balaban J connectivity index is 1.15. The first-order chi connectivity index (χ1) is 22.8. The van der Waals surface area contributed by atoms with Gasteiger partial charge in [0.15, 0.2) is 5.82 Å². The summed E-state index contributed by atoms with van der Waals surface area (Å²) in [6.45, 7) is 6.51. The number of rotatable bonds is 8. The van der Waals surface area contributed by atoms with Gasteiger partial charge in [0.2, 0.25) is 0 Å². The van der Waals surface area contributed by atoms with Crippen LogP contribution in [0.5, 0.6) is 11.8 Å². The Morgan fingerprint density at radius 2 is 1.91 bits per heavy atom. The van der Waals surface area contributed by atoms with Crippen molar-refractivity contribution in [3.63, 3.8) is 0 Å². The second-order valence-corrected chi connectivity index (χ2v) is 14.8. The third-order valence-electron chi connectivity index (χ3n) is 11.2. The van der Waals surface area contributed by atoms with Crippen LogP contribution in [0.1, 0.15) is 44.6 Å². The van der Waals surface area contributed by atoms with Gasteiger partial charge >= 0.3 is 6.01 Å². The molecule has 0 spiro atoms. The van der Waals surface area contributed by atoms with Crippen LogP contribution in [0.25, 0.3) is 32.8 Å². The van der Waals surface area contributed by atoms with Gasteiger partial charge in [-0.1, -0.05) is 24.6 Å². The molecule has 9 rings (SSSR count). The van der Waals surface area contributed by atoms with Crippen molar-refractivity contribution >= 4 is 39.1 Å². The third-order valence-corrected chi connectivity index (χ3v) is 11.4. The molecule has 0 radical (unpaired) electrons. The van der Waals surface area contributed by atoms with Crippen molar-refractivity contribution in [1.82, 2.24) is 20.2 Å². The van der Waals surface area contributed by atoms with Gasteiger partial charge in [0, 0.05) is 60.7 Å². The number of hydrogen-bond acceptors (Lipinski definition) is 8. The maximum atomic E-state index is 17.1. The quantitative estimate of drug-likeness (QED) is 0.230. The predicted octanol–water partition coefficient (Wildman–Crippen LogP) is 6.22. The lowest BCUT2D eigenvalue weighted by atomic mass is 9.92. The van der Waals surface area contributed by atoms with Gasteiger partial charge < -0.3 is 24.8 Å². The van der Waals surface area contributed by atoms with Crippen molar-refractivity contribution in [2.24, 2.45) is 5.41 Å². The Labute approximate surface area is 277 Å². The molecule has 2 N–H and O–H groups in total. The summed E-state index contributed by atoms with van der Waals surface area (Å²) in [4.78, 5) is 14.4. The van der Waals surface area contributed by atoms with Crippen LogP contribution in [0.3, 0.4) is 0 Å². The van der Waals surface area contributed by atoms with E-state index < -0.39 is 5.82 Å². The maximum Gasteiger partial charge on any atom is 0.319 e. The molecule has 5 fully saturated rings. The molecule has 0 amide bonds. The molecular weight excluding hydrogens is 624 g/mol. The molecule has 8 nitrogen and oxygen atoms in total. The Morgan fingerprint density at radius 3 is 2.62 bits per heavy atom. The van der Waals surface area contributed by atoms with Crippen LogP contribution in [0, 0.1) is 17.0 Å². The topological polar surface area (TPSA) is 83.0 Å². The third kappa shape index (κ3) is 5.10. The van der Waals surface area contributed by atoms with Crippen molar-refractivity contribution in [3.05, 3.63) is 52.6 Å². The number of ether oxygens (including phenoxy) is 2. The number of aryl methyl sites for hydroxylation is 1. The Kier molecular flexibility index (Phi) is 7.05. The van der Waals surface area contributed by atoms with E-state index in [4.69, 9.17) is 31.0 Å². The number of benzene rings is 3. The molecule has 1 saturated carbocycles. The summed E-state index contributed by atoms with van der Waals surface area (Å²) in [5.74, 6) is -0.490. The van der Waals surface area contributed by atoms with Gasteiger partial charge in [0.25, 0.3) is 0 Å². The molecule has 11 heteroatoms. The molecule has 246 valence electrons. The molecular formula is C36H38ClF2N5O3. The summed E-state index contributed by atoms with van der Waals surface area (Å²) in [5.41, 5.74) is 0.956. The molecule has 5 heterocycles. The molecule has 3 aromatic carbocycles. The van der Waals surface area contributed by atoms with E-state index in [0.717, 1.165) is 64.9 Å². The van der Waals surface area contributed by atoms with E-state index in [2.05, 4.69) is 15.1 Å². The number of halogens is 3. The number of phenols is 1. The fourth-order valence-corrected chi connectivity index (χ4v) is 8.86. The molecule has 5 aliphatic rings. The van der Waals surface area contributed by atoms with Crippen LogP contribution in [-0.2, 0) is 11.2 Å². The molecule has 47 heavy (non-hydrogen) atoms. The zero-order valence-corrected chi connectivity index (χ0v) is 27.1. The number of aromatic hydroxyl groups is 1. The Hall–Kier alpha value is -3.31. The normalized spacial score (nSPS) is 26.2. The summed E-state index contributed by atoms with van der Waals surface area (Å²) in [6, 6.07) is 8.99. The second kappa shape index (κ2) is 11.1. The van der Waals surface area contributed by atoms with Crippen molar-refractivity contribution in [1.29, 1.82) is 0 Å². The number of phenolic OH excluding ortho intramolecular Hbond substituents is 1. The molecule has 4 aliphatic heterocycles. The predicted molar refractivity (Wildman–Crippen MR) is 177 cm³/mol. The fraction of sp³-hybridized carbons (Fsp3) is 0.500. The van der Waals surface area contributed by atoms with Crippen LogP contribution in [0.2, 0.25) is 5.02 Å². The monoisotopic (exact) mass is 661 g/mol. The smallest absolute Gasteiger partial charge is 0.319 e. The number of nitrogens with one attached hydrogen (secondary N) is 1. The summed E-state index contributed by atoms with van der Waals surface area (Å²) in [5, 5.41) is 16.1. The van der Waals surface area contributed by atoms with Crippen molar-refractivity contribution in [2.45, 2.75) is 69.7 Å². The van der Waals surface area contributed by atoms with Gasteiger partial charge in [-0.15, -0.1) is 0 Å². The highest BCUT2D eigenvalue weighted by molar-refractivity contribution is 6.35. The number of fused-ring (bicyclic) bond motifs is 6. The first-order valence-corrected chi connectivity index (χ1v) is 17.3. The first kappa shape index (κ1) is 29.8. The number of likely N-dealkylation sites (tertiary alicyclic amines) is 1. The van der Waals surface area contributed by atoms with Gasteiger partial charge in [-0.25, -0.2) is 8.78 Å². The van der Waals surface area contributed by atoms with Crippen molar-refractivity contribution in [2.75, 3.05) is 44.3 Å². The molecule has 4 bridgehead atoms. The minimum absolute atomic E-state index is 0.0297. The van der Waals surface area contributed by atoms with Gasteiger partial charge in [-0.3, -0.25) is 4.90 Å². The van der Waals surface area contributed by atoms with Crippen molar-refractivity contribution in [3.8, 4) is 22.9 Å². The lowest BCUT2D eigenvalue weighted by Gasteiger charge is -2.34. The van der Waals surface area contributed by atoms with Gasteiger partial charge in [-0.05, 0) is 84.7 Å². The van der Waals surface area contributed by atoms with Crippen molar-refractivity contribution < 1.29 is 23.4 Å². The highest BCUT2D eigenvalue weighted by Gasteiger charge is 2.49. The van der Waals surface area contributed by atoms with E-state index in [-0.39, 0.29) is 39.1 Å². The SMILES string of the molecule is CCc1c(F)ccc2cc(O)cc(-c3c(Cl)cc4c(N5CC6CCC(C5)N6)nc(OCC5(CN6C[C@@H]7C[C@H]6CO7)CC5)nc4c3F)c12. The van der Waals surface area contributed by atoms with Gasteiger partial charge in [0.05, 0.1) is 24.3 Å². The zero-order valence-electron chi connectivity index (χ0n) is 26.4.